The summed E-state index contributed by atoms with van der Waals surface area (Å²) in [5.41, 5.74) is 3.49. The average molecular weight is 376 g/mol. The van der Waals surface area contributed by atoms with E-state index in [1.807, 2.05) is 0 Å². The SMILES string of the molecule is CCC.COc1cc(/C=N/NC(=O)c2ccc(S)cc2)cc(OC)c1O. The van der Waals surface area contributed by atoms with E-state index in [9.17, 15) is 9.90 Å². The number of carbonyl (C=O) groups is 1. The maximum Gasteiger partial charge on any atom is 0.271 e. The number of hydrogen-bond acceptors (Lipinski definition) is 6. The summed E-state index contributed by atoms with van der Waals surface area (Å²) < 4.78 is 10.1. The van der Waals surface area contributed by atoms with Gasteiger partial charge in [-0.25, -0.2) is 5.43 Å². The molecule has 2 rings (SSSR count). The topological polar surface area (TPSA) is 80.2 Å². The third-order valence-corrected chi connectivity index (χ3v) is 3.31. The van der Waals surface area contributed by atoms with E-state index in [-0.39, 0.29) is 23.2 Å². The number of hydrazone groups is 1. The standard InChI is InChI=1S/C16H16N2O4S.C3H8/c1-21-13-7-10(8-14(22-2)15(13)19)9-17-18-16(20)11-3-5-12(23)6-4-11;1-3-2/h3-9,19,23H,1-2H3,(H,18,20);3H2,1-2H3/b17-9+;. The van der Waals surface area contributed by atoms with E-state index < -0.39 is 0 Å². The predicted octanol–water partition coefficient (Wildman–Crippen LogP) is 3.88. The maximum atomic E-state index is 11.9. The number of amides is 1. The van der Waals surface area contributed by atoms with Gasteiger partial charge in [-0.3, -0.25) is 4.79 Å². The highest BCUT2D eigenvalue weighted by Gasteiger charge is 2.10. The van der Waals surface area contributed by atoms with Gasteiger partial charge < -0.3 is 14.6 Å². The van der Waals surface area contributed by atoms with E-state index in [0.29, 0.717) is 11.1 Å². The van der Waals surface area contributed by atoms with Crippen molar-refractivity contribution in [2.75, 3.05) is 14.2 Å². The van der Waals surface area contributed by atoms with Gasteiger partial charge in [0.05, 0.1) is 20.4 Å². The van der Waals surface area contributed by atoms with E-state index in [1.54, 1.807) is 36.4 Å². The molecule has 2 aromatic carbocycles. The second-order valence-corrected chi connectivity index (χ2v) is 5.74. The van der Waals surface area contributed by atoms with Gasteiger partial charge in [0.15, 0.2) is 11.5 Å². The van der Waals surface area contributed by atoms with Crippen molar-refractivity contribution in [3.05, 3.63) is 47.5 Å². The molecule has 0 aliphatic heterocycles. The van der Waals surface area contributed by atoms with Gasteiger partial charge in [-0.15, -0.1) is 12.6 Å². The number of ether oxygens (including phenoxy) is 2. The largest absolute Gasteiger partial charge is 0.502 e. The van der Waals surface area contributed by atoms with Crippen LogP contribution in [0.3, 0.4) is 0 Å². The molecule has 0 unspecified atom stereocenters. The van der Waals surface area contributed by atoms with Gasteiger partial charge in [0.1, 0.15) is 0 Å². The average Bonchev–Trinajstić information content (AvgIpc) is 2.64. The van der Waals surface area contributed by atoms with Crippen LogP contribution in [0.1, 0.15) is 36.2 Å². The number of aromatic hydroxyl groups is 1. The summed E-state index contributed by atoms with van der Waals surface area (Å²) in [5.74, 6) is 0.0679. The number of nitrogens with zero attached hydrogens (tertiary/aromatic N) is 1. The Bertz CT molecular complexity index is 721. The lowest BCUT2D eigenvalue weighted by molar-refractivity contribution is 0.0955. The van der Waals surface area contributed by atoms with Crippen LogP contribution >= 0.6 is 12.6 Å². The van der Waals surface area contributed by atoms with E-state index in [0.717, 1.165) is 4.90 Å². The molecule has 0 saturated heterocycles. The lowest BCUT2D eigenvalue weighted by Crippen LogP contribution is -2.17. The van der Waals surface area contributed by atoms with Gasteiger partial charge in [-0.2, -0.15) is 5.10 Å². The first-order valence-electron chi connectivity index (χ1n) is 8.04. The fourth-order valence-electron chi connectivity index (χ4n) is 1.83. The molecule has 2 aromatic rings. The van der Waals surface area contributed by atoms with Crippen LogP contribution in [0.2, 0.25) is 0 Å². The second-order valence-electron chi connectivity index (χ2n) is 5.23. The smallest absolute Gasteiger partial charge is 0.271 e. The second kappa shape index (κ2) is 11.0. The first kappa shape index (κ1) is 21.4. The summed E-state index contributed by atoms with van der Waals surface area (Å²) in [6, 6.07) is 9.89. The zero-order valence-electron chi connectivity index (χ0n) is 15.3. The van der Waals surface area contributed by atoms with Crippen LogP contribution in [0.25, 0.3) is 0 Å². The summed E-state index contributed by atoms with van der Waals surface area (Å²) >= 11 is 4.16. The molecule has 140 valence electrons. The zero-order valence-corrected chi connectivity index (χ0v) is 16.2. The molecule has 0 aliphatic carbocycles. The summed E-state index contributed by atoms with van der Waals surface area (Å²) in [6.45, 7) is 4.25. The molecule has 1 amide bonds. The van der Waals surface area contributed by atoms with Gasteiger partial charge in [-0.1, -0.05) is 20.3 Å². The van der Waals surface area contributed by atoms with Crippen LogP contribution in [0.5, 0.6) is 17.2 Å². The van der Waals surface area contributed by atoms with E-state index in [2.05, 4.69) is 37.0 Å². The number of hydrogen-bond donors (Lipinski definition) is 3. The molecule has 7 heteroatoms. The Kier molecular flexibility index (Phi) is 9.08. The van der Waals surface area contributed by atoms with Crippen molar-refractivity contribution >= 4 is 24.8 Å². The Morgan fingerprint density at radius 2 is 1.65 bits per heavy atom. The van der Waals surface area contributed by atoms with Gasteiger partial charge >= 0.3 is 0 Å². The van der Waals surface area contributed by atoms with Crippen LogP contribution < -0.4 is 14.9 Å². The van der Waals surface area contributed by atoms with Gasteiger partial charge in [0.2, 0.25) is 5.75 Å². The molecule has 0 aromatic heterocycles. The zero-order chi connectivity index (χ0) is 19.5. The van der Waals surface area contributed by atoms with Crippen molar-refractivity contribution in [2.45, 2.75) is 25.2 Å². The maximum absolute atomic E-state index is 11.9. The van der Waals surface area contributed by atoms with E-state index in [4.69, 9.17) is 9.47 Å². The molecule has 0 atom stereocenters. The highest BCUT2D eigenvalue weighted by molar-refractivity contribution is 7.80. The Labute approximate surface area is 159 Å². The summed E-state index contributed by atoms with van der Waals surface area (Å²) in [7, 11) is 2.87. The third kappa shape index (κ3) is 6.33. The minimum Gasteiger partial charge on any atom is -0.502 e. The Morgan fingerprint density at radius 1 is 1.15 bits per heavy atom. The molecule has 6 nitrogen and oxygen atoms in total. The lowest BCUT2D eigenvalue weighted by Gasteiger charge is -2.09. The number of carbonyl (C=O) groups excluding carboxylic acids is 1. The lowest BCUT2D eigenvalue weighted by atomic mass is 10.2. The van der Waals surface area contributed by atoms with E-state index >= 15 is 0 Å². The van der Waals surface area contributed by atoms with Crippen molar-refractivity contribution in [3.63, 3.8) is 0 Å². The minimum absolute atomic E-state index is 0.0944. The van der Waals surface area contributed by atoms with E-state index in [1.165, 1.54) is 26.9 Å². The van der Waals surface area contributed by atoms with Crippen LogP contribution in [0.4, 0.5) is 0 Å². The molecule has 0 aliphatic rings. The number of rotatable bonds is 5. The minimum atomic E-state index is -0.340. The first-order chi connectivity index (χ1) is 12.5. The Balaban J connectivity index is 0.00000105. The van der Waals surface area contributed by atoms with Crippen molar-refractivity contribution in [3.8, 4) is 17.2 Å². The monoisotopic (exact) mass is 376 g/mol. The Hall–Kier alpha value is -2.67. The quantitative estimate of drug-likeness (QED) is 0.420. The molecule has 0 spiro atoms. The molecule has 0 bridgehead atoms. The van der Waals surface area contributed by atoms with Gasteiger partial charge in [-0.05, 0) is 36.4 Å². The molecule has 26 heavy (non-hydrogen) atoms. The van der Waals surface area contributed by atoms with Crippen LogP contribution in [0, 0.1) is 0 Å². The van der Waals surface area contributed by atoms with Gasteiger partial charge in [0.25, 0.3) is 5.91 Å². The van der Waals surface area contributed by atoms with Crippen molar-refractivity contribution in [1.29, 1.82) is 0 Å². The fourth-order valence-corrected chi connectivity index (χ4v) is 1.98. The van der Waals surface area contributed by atoms with Crippen LogP contribution in [0.15, 0.2) is 46.4 Å². The Morgan fingerprint density at radius 3 is 2.12 bits per heavy atom. The summed E-state index contributed by atoms with van der Waals surface area (Å²) in [5, 5.41) is 13.7. The molecular formula is C19H24N2O4S. The van der Waals surface area contributed by atoms with Gasteiger partial charge in [0, 0.05) is 16.0 Å². The molecular weight excluding hydrogens is 352 g/mol. The molecule has 2 N–H and O–H groups in total. The number of phenolic OH excluding ortho intramolecular Hbond substituents is 1. The van der Waals surface area contributed by atoms with Crippen molar-refractivity contribution in [2.24, 2.45) is 5.10 Å². The fraction of sp³-hybridized carbons (Fsp3) is 0.263. The number of methoxy groups -OCH3 is 2. The molecule has 0 saturated carbocycles. The molecule has 0 radical (unpaired) electrons. The van der Waals surface area contributed by atoms with Crippen molar-refractivity contribution in [1.82, 2.24) is 5.43 Å². The predicted molar refractivity (Wildman–Crippen MR) is 106 cm³/mol. The van der Waals surface area contributed by atoms with Crippen LogP contribution in [-0.4, -0.2) is 31.4 Å². The normalized spacial score (nSPS) is 10.0. The van der Waals surface area contributed by atoms with Crippen LogP contribution in [-0.2, 0) is 0 Å². The third-order valence-electron chi connectivity index (χ3n) is 3.01. The summed E-state index contributed by atoms with van der Waals surface area (Å²) in [6.07, 6.45) is 2.68. The first-order valence-corrected chi connectivity index (χ1v) is 8.48. The molecule has 0 fully saturated rings. The van der Waals surface area contributed by atoms with Crippen molar-refractivity contribution < 1.29 is 19.4 Å². The number of phenols is 1. The highest BCUT2D eigenvalue weighted by Crippen LogP contribution is 2.36. The highest BCUT2D eigenvalue weighted by atomic mass is 32.1. The summed E-state index contributed by atoms with van der Waals surface area (Å²) in [4.78, 5) is 12.7. The number of benzene rings is 2. The number of nitrogens with one attached hydrogen (secondary N) is 1. The molecule has 0 heterocycles. The number of thiol groups is 1.